The quantitative estimate of drug-likeness (QED) is 0.256. The lowest BCUT2D eigenvalue weighted by molar-refractivity contribution is -0.137. The zero-order chi connectivity index (χ0) is 21.2. The molecule has 0 nitrogen and oxygen atoms in total. The average Bonchev–Trinajstić information content (AvgIpc) is 3.14. The van der Waals surface area contributed by atoms with Crippen molar-refractivity contribution < 1.29 is 13.2 Å². The largest absolute Gasteiger partial charge is 0.416 e. The van der Waals surface area contributed by atoms with Crippen LogP contribution < -0.4 is 0 Å². The minimum Gasteiger partial charge on any atom is -0.166 e. The fourth-order valence-electron chi connectivity index (χ4n) is 5.03. The maximum absolute atomic E-state index is 13.2. The monoisotopic (exact) mass is 410 g/mol. The smallest absolute Gasteiger partial charge is 0.166 e. The number of rotatable bonds is 1. The van der Waals surface area contributed by atoms with Crippen molar-refractivity contribution in [2.75, 3.05) is 0 Å². The summed E-state index contributed by atoms with van der Waals surface area (Å²) in [4.78, 5) is 0. The molecule has 0 saturated carbocycles. The fourth-order valence-corrected chi connectivity index (χ4v) is 5.03. The zero-order valence-corrected chi connectivity index (χ0v) is 16.4. The summed E-state index contributed by atoms with van der Waals surface area (Å²) in [6, 6.07) is 30.7. The van der Waals surface area contributed by atoms with E-state index < -0.39 is 11.7 Å². The Balaban J connectivity index is 1.69. The third-order valence-electron chi connectivity index (χ3n) is 6.38. The predicted octanol–water partition coefficient (Wildman–Crippen LogP) is 8.17. The van der Waals surface area contributed by atoms with E-state index in [1.165, 1.54) is 23.3 Å². The summed E-state index contributed by atoms with van der Waals surface area (Å²) in [5.41, 5.74) is 4.91. The Kier molecular flexibility index (Phi) is 3.79. The van der Waals surface area contributed by atoms with Gasteiger partial charge < -0.3 is 0 Å². The molecule has 0 bridgehead atoms. The molecular formula is C28H17F3. The molecule has 0 amide bonds. The van der Waals surface area contributed by atoms with Crippen LogP contribution in [0.25, 0.3) is 32.7 Å². The molecule has 0 heterocycles. The van der Waals surface area contributed by atoms with E-state index in [0.717, 1.165) is 38.2 Å². The maximum Gasteiger partial charge on any atom is 0.416 e. The first-order valence-electron chi connectivity index (χ1n) is 10.2. The van der Waals surface area contributed by atoms with Crippen LogP contribution in [0.4, 0.5) is 13.2 Å². The molecule has 31 heavy (non-hydrogen) atoms. The lowest BCUT2D eigenvalue weighted by atomic mass is 9.84. The normalized spacial score (nSPS) is 13.5. The minimum absolute atomic E-state index is 0.121. The van der Waals surface area contributed by atoms with Crippen molar-refractivity contribution in [1.29, 1.82) is 0 Å². The predicted molar refractivity (Wildman–Crippen MR) is 119 cm³/mol. The summed E-state index contributed by atoms with van der Waals surface area (Å²) in [5, 5.41) is 4.56. The van der Waals surface area contributed by atoms with Crippen molar-refractivity contribution in [1.82, 2.24) is 0 Å². The van der Waals surface area contributed by atoms with Gasteiger partial charge in [-0.3, -0.25) is 0 Å². The van der Waals surface area contributed by atoms with Crippen molar-refractivity contribution >= 4 is 21.5 Å². The van der Waals surface area contributed by atoms with E-state index in [9.17, 15) is 13.2 Å². The van der Waals surface area contributed by atoms with Crippen molar-refractivity contribution in [3.63, 3.8) is 0 Å². The first-order valence-corrected chi connectivity index (χ1v) is 10.2. The number of alkyl halides is 3. The molecule has 0 fully saturated rings. The first kappa shape index (κ1) is 18.2. The molecule has 0 saturated heterocycles. The topological polar surface area (TPSA) is 0 Å². The molecule has 5 aromatic rings. The SMILES string of the molecule is FC(F)(F)c1ccc(C2c3c(ccc4ccccc34)-c3ccc4ccccc4c32)cc1. The molecule has 0 atom stereocenters. The highest BCUT2D eigenvalue weighted by atomic mass is 19.4. The molecule has 1 aliphatic rings. The number of benzene rings is 5. The van der Waals surface area contributed by atoms with E-state index >= 15 is 0 Å². The Bertz CT molecular complexity index is 1370. The molecule has 3 heteroatoms. The molecule has 0 aromatic heterocycles. The van der Waals surface area contributed by atoms with Crippen LogP contribution in [-0.4, -0.2) is 0 Å². The van der Waals surface area contributed by atoms with Gasteiger partial charge in [-0.2, -0.15) is 13.2 Å². The van der Waals surface area contributed by atoms with Crippen LogP contribution >= 0.6 is 0 Å². The van der Waals surface area contributed by atoms with Crippen molar-refractivity contribution in [3.8, 4) is 11.1 Å². The average molecular weight is 410 g/mol. The molecule has 0 N–H and O–H groups in total. The first-order chi connectivity index (χ1) is 15.0. The minimum atomic E-state index is -4.34. The lowest BCUT2D eigenvalue weighted by Gasteiger charge is -2.19. The van der Waals surface area contributed by atoms with Crippen LogP contribution in [0.2, 0.25) is 0 Å². The van der Waals surface area contributed by atoms with Crippen LogP contribution in [0.1, 0.15) is 28.2 Å². The van der Waals surface area contributed by atoms with E-state index in [4.69, 9.17) is 0 Å². The van der Waals surface area contributed by atoms with Gasteiger partial charge in [0.15, 0.2) is 0 Å². The van der Waals surface area contributed by atoms with Crippen LogP contribution in [-0.2, 0) is 6.18 Å². The van der Waals surface area contributed by atoms with Crippen molar-refractivity contribution in [2.24, 2.45) is 0 Å². The number of halogens is 3. The van der Waals surface area contributed by atoms with E-state index in [2.05, 4.69) is 48.5 Å². The molecule has 0 radical (unpaired) electrons. The highest BCUT2D eigenvalue weighted by Crippen LogP contribution is 2.53. The van der Waals surface area contributed by atoms with Crippen LogP contribution in [0.5, 0.6) is 0 Å². The van der Waals surface area contributed by atoms with Crippen molar-refractivity contribution in [2.45, 2.75) is 12.1 Å². The van der Waals surface area contributed by atoms with Gasteiger partial charge in [-0.1, -0.05) is 84.9 Å². The molecular weight excluding hydrogens is 393 g/mol. The van der Waals surface area contributed by atoms with E-state index in [0.29, 0.717) is 0 Å². The van der Waals surface area contributed by atoms with Gasteiger partial charge in [0.25, 0.3) is 0 Å². The van der Waals surface area contributed by atoms with E-state index in [1.54, 1.807) is 12.1 Å². The van der Waals surface area contributed by atoms with E-state index in [1.807, 2.05) is 24.3 Å². The summed E-state index contributed by atoms with van der Waals surface area (Å²) >= 11 is 0. The van der Waals surface area contributed by atoms with Crippen LogP contribution in [0.15, 0.2) is 97.1 Å². The van der Waals surface area contributed by atoms with Crippen LogP contribution in [0.3, 0.4) is 0 Å². The van der Waals surface area contributed by atoms with Crippen molar-refractivity contribution in [3.05, 3.63) is 119 Å². The molecule has 0 aliphatic heterocycles. The van der Waals surface area contributed by atoms with Gasteiger partial charge in [0.2, 0.25) is 0 Å². The van der Waals surface area contributed by atoms with Gasteiger partial charge in [0, 0.05) is 5.92 Å². The fraction of sp³-hybridized carbons (Fsp3) is 0.0714. The Hall–Kier alpha value is -3.59. The van der Waals surface area contributed by atoms with Gasteiger partial charge in [-0.15, -0.1) is 0 Å². The second-order valence-corrected chi connectivity index (χ2v) is 8.05. The summed E-state index contributed by atoms with van der Waals surface area (Å²) in [6.07, 6.45) is -4.34. The second kappa shape index (κ2) is 6.45. The Morgan fingerprint density at radius 1 is 0.516 bits per heavy atom. The third-order valence-corrected chi connectivity index (χ3v) is 6.38. The number of hydrogen-bond acceptors (Lipinski definition) is 0. The lowest BCUT2D eigenvalue weighted by Crippen LogP contribution is -2.06. The Morgan fingerprint density at radius 3 is 1.48 bits per heavy atom. The summed E-state index contributed by atoms with van der Waals surface area (Å²) < 4.78 is 39.6. The van der Waals surface area contributed by atoms with Gasteiger partial charge >= 0.3 is 6.18 Å². The molecule has 0 spiro atoms. The zero-order valence-electron chi connectivity index (χ0n) is 16.4. The third kappa shape index (κ3) is 2.70. The Labute approximate surface area is 177 Å². The standard InChI is InChI=1S/C28H17F3/c29-28(30,31)20-13-9-19(10-14-20)25-26-21-7-3-1-5-17(21)11-15-23(26)24-16-12-18-6-2-4-8-22(18)27(24)25/h1-16,25H. The molecule has 5 aromatic carbocycles. The van der Waals surface area contributed by atoms with Gasteiger partial charge in [0.1, 0.15) is 0 Å². The summed E-state index contributed by atoms with van der Waals surface area (Å²) in [6.45, 7) is 0. The summed E-state index contributed by atoms with van der Waals surface area (Å²) in [5.74, 6) is -0.121. The van der Waals surface area contributed by atoms with Gasteiger partial charge in [-0.05, 0) is 61.5 Å². The number of fused-ring (bicyclic) bond motifs is 7. The van der Waals surface area contributed by atoms with Crippen LogP contribution in [0, 0.1) is 0 Å². The molecule has 150 valence electrons. The molecule has 0 unspecified atom stereocenters. The highest BCUT2D eigenvalue weighted by molar-refractivity contribution is 6.03. The van der Waals surface area contributed by atoms with E-state index in [-0.39, 0.29) is 5.92 Å². The number of hydrogen-bond donors (Lipinski definition) is 0. The molecule has 1 aliphatic carbocycles. The highest BCUT2D eigenvalue weighted by Gasteiger charge is 2.34. The summed E-state index contributed by atoms with van der Waals surface area (Å²) in [7, 11) is 0. The van der Waals surface area contributed by atoms with Gasteiger partial charge in [-0.25, -0.2) is 0 Å². The molecule has 6 rings (SSSR count). The second-order valence-electron chi connectivity index (χ2n) is 8.05. The Morgan fingerprint density at radius 2 is 1.00 bits per heavy atom. The van der Waals surface area contributed by atoms with Gasteiger partial charge in [0.05, 0.1) is 5.56 Å². The maximum atomic E-state index is 13.2.